The lowest BCUT2D eigenvalue weighted by molar-refractivity contribution is -0.252. The van der Waals surface area contributed by atoms with Crippen molar-refractivity contribution in [3.8, 4) is 0 Å². The Kier molecular flexibility index (Phi) is 11.7. The minimum Gasteiger partial charge on any atom is -0.397 e. The average molecular weight is 667 g/mol. The van der Waals surface area contributed by atoms with Gasteiger partial charge in [-0.3, -0.25) is 9.59 Å². The molecule has 10 nitrogen and oxygen atoms in total. The fourth-order valence-electron chi connectivity index (χ4n) is 5.20. The van der Waals surface area contributed by atoms with Crippen LogP contribution in [0.5, 0.6) is 0 Å². The number of nitrogens with one attached hydrogen (secondary N) is 2. The van der Waals surface area contributed by atoms with Crippen LogP contribution in [0.3, 0.4) is 0 Å². The Morgan fingerprint density at radius 2 is 1.59 bits per heavy atom. The van der Waals surface area contributed by atoms with Gasteiger partial charge >= 0.3 is 0 Å². The molecule has 5 rings (SSSR count). The van der Waals surface area contributed by atoms with Crippen LogP contribution >= 0.6 is 23.2 Å². The van der Waals surface area contributed by atoms with Gasteiger partial charge in [0.15, 0.2) is 11.4 Å². The van der Waals surface area contributed by atoms with Crippen molar-refractivity contribution in [1.29, 1.82) is 0 Å². The molecule has 0 unspecified atom stereocenters. The standard InChI is InChI=1S/C34H37Cl2N5O5/c35-32-33(36)41(21-39-32)19-26-17-29(24-13-11-23(20-42)12-14-24)46-34(45-26)25-15-9-22(10-16-25)18-38-30(43)7-3-4-8-31(44)40-28-6-2-1-5-27(28)37/h1-2,5-6,9-16,21,26,29,34,42H,3-4,7-8,17-20,37H2,(H,38,43)(H,40,44)/t26-,29+,34+/m0/s1. The number of hydrogen-bond donors (Lipinski definition) is 4. The minimum absolute atomic E-state index is 0.0307. The number of rotatable bonds is 13. The number of para-hydroxylation sites is 2. The first-order valence-corrected chi connectivity index (χ1v) is 15.9. The molecule has 1 aliphatic heterocycles. The second kappa shape index (κ2) is 16.1. The van der Waals surface area contributed by atoms with E-state index in [2.05, 4.69) is 15.6 Å². The van der Waals surface area contributed by atoms with Crippen LogP contribution in [-0.4, -0.2) is 32.6 Å². The van der Waals surface area contributed by atoms with Crippen LogP contribution in [0.2, 0.25) is 10.3 Å². The lowest BCUT2D eigenvalue weighted by Gasteiger charge is -2.36. The predicted octanol–water partition coefficient (Wildman–Crippen LogP) is 6.33. The van der Waals surface area contributed by atoms with Gasteiger partial charge in [-0.25, -0.2) is 4.98 Å². The summed E-state index contributed by atoms with van der Waals surface area (Å²) in [5.41, 5.74) is 10.5. The van der Waals surface area contributed by atoms with Gasteiger partial charge in [0.1, 0.15) is 5.15 Å². The zero-order valence-electron chi connectivity index (χ0n) is 25.2. The van der Waals surface area contributed by atoms with Crippen molar-refractivity contribution in [2.45, 2.75) is 70.3 Å². The molecular formula is C34H37Cl2N5O5. The second-order valence-corrected chi connectivity index (χ2v) is 11.9. The molecule has 12 heteroatoms. The summed E-state index contributed by atoms with van der Waals surface area (Å²) in [4.78, 5) is 28.7. The number of ether oxygens (including phenoxy) is 2. The number of imidazole rings is 1. The molecule has 0 radical (unpaired) electrons. The fourth-order valence-corrected chi connectivity index (χ4v) is 5.51. The lowest BCUT2D eigenvalue weighted by Crippen LogP contribution is -2.32. The summed E-state index contributed by atoms with van der Waals surface area (Å²) in [7, 11) is 0. The van der Waals surface area contributed by atoms with Gasteiger partial charge in [-0.2, -0.15) is 0 Å². The number of aliphatic hydroxyl groups excluding tert-OH is 1. The van der Waals surface area contributed by atoms with Crippen molar-refractivity contribution < 1.29 is 24.2 Å². The van der Waals surface area contributed by atoms with Crippen molar-refractivity contribution in [3.63, 3.8) is 0 Å². The molecule has 5 N–H and O–H groups in total. The molecule has 46 heavy (non-hydrogen) atoms. The van der Waals surface area contributed by atoms with Crippen molar-refractivity contribution in [2.24, 2.45) is 0 Å². The number of aromatic nitrogens is 2. The number of halogens is 2. The smallest absolute Gasteiger partial charge is 0.224 e. The molecule has 1 aromatic heterocycles. The quantitative estimate of drug-likeness (QED) is 0.0967. The zero-order valence-corrected chi connectivity index (χ0v) is 26.7. The molecule has 1 fully saturated rings. The van der Waals surface area contributed by atoms with E-state index >= 15 is 0 Å². The monoisotopic (exact) mass is 665 g/mol. The summed E-state index contributed by atoms with van der Waals surface area (Å²) in [5, 5.41) is 15.8. The number of amides is 2. The van der Waals surface area contributed by atoms with E-state index < -0.39 is 6.29 Å². The first-order valence-electron chi connectivity index (χ1n) is 15.2. The third kappa shape index (κ3) is 9.08. The third-order valence-corrected chi connectivity index (χ3v) is 8.55. The Labute approximate surface area is 277 Å². The van der Waals surface area contributed by atoms with E-state index in [1.807, 2.05) is 60.7 Å². The molecule has 0 aliphatic carbocycles. The first kappa shape index (κ1) is 33.4. The molecule has 2 heterocycles. The summed E-state index contributed by atoms with van der Waals surface area (Å²) in [6, 6.07) is 22.5. The van der Waals surface area contributed by atoms with Gasteiger partial charge in [-0.1, -0.05) is 83.9 Å². The van der Waals surface area contributed by atoms with Gasteiger partial charge in [0, 0.05) is 31.4 Å². The van der Waals surface area contributed by atoms with Crippen LogP contribution in [0, 0.1) is 0 Å². The van der Waals surface area contributed by atoms with Gasteiger partial charge < -0.3 is 35.5 Å². The van der Waals surface area contributed by atoms with E-state index in [0.717, 1.165) is 22.3 Å². The summed E-state index contributed by atoms with van der Waals surface area (Å²) >= 11 is 12.4. The Balaban J connectivity index is 1.12. The average Bonchev–Trinajstić information content (AvgIpc) is 3.39. The maximum absolute atomic E-state index is 12.4. The Morgan fingerprint density at radius 1 is 0.913 bits per heavy atom. The molecule has 0 bridgehead atoms. The Morgan fingerprint density at radius 3 is 2.26 bits per heavy atom. The second-order valence-electron chi connectivity index (χ2n) is 11.2. The summed E-state index contributed by atoms with van der Waals surface area (Å²) in [6.07, 6.45) is 2.86. The number of nitrogens with two attached hydrogens (primary N) is 1. The van der Waals surface area contributed by atoms with Crippen LogP contribution in [0.15, 0.2) is 79.1 Å². The molecular weight excluding hydrogens is 629 g/mol. The van der Waals surface area contributed by atoms with Crippen LogP contribution < -0.4 is 16.4 Å². The van der Waals surface area contributed by atoms with E-state index in [1.54, 1.807) is 23.0 Å². The van der Waals surface area contributed by atoms with Gasteiger partial charge in [0.25, 0.3) is 0 Å². The van der Waals surface area contributed by atoms with Crippen molar-refractivity contribution in [2.75, 3.05) is 11.1 Å². The van der Waals surface area contributed by atoms with E-state index in [-0.39, 0.29) is 35.8 Å². The molecule has 4 aromatic rings. The summed E-state index contributed by atoms with van der Waals surface area (Å²) in [5.74, 6) is -0.205. The van der Waals surface area contributed by atoms with Crippen LogP contribution in [-0.2, 0) is 38.8 Å². The number of carbonyl (C=O) groups is 2. The molecule has 0 spiro atoms. The van der Waals surface area contributed by atoms with E-state index in [0.29, 0.717) is 61.7 Å². The predicted molar refractivity (Wildman–Crippen MR) is 177 cm³/mol. The van der Waals surface area contributed by atoms with Gasteiger partial charge in [-0.05, 0) is 41.7 Å². The number of aliphatic hydroxyl groups is 1. The SMILES string of the molecule is Nc1ccccc1NC(=O)CCCCC(=O)NCc1ccc([C@@H]2O[C@H](Cn3cnc(Cl)c3Cl)C[C@H](c3ccc(CO)cc3)O2)cc1. The number of nitrogen functional groups attached to an aromatic ring is 1. The van der Waals surface area contributed by atoms with Crippen molar-refractivity contribution in [3.05, 3.63) is 112 Å². The van der Waals surface area contributed by atoms with Crippen molar-refractivity contribution >= 4 is 46.4 Å². The topological polar surface area (TPSA) is 141 Å². The maximum Gasteiger partial charge on any atom is 0.224 e. The highest BCUT2D eigenvalue weighted by atomic mass is 35.5. The normalized spacial score (nSPS) is 17.8. The summed E-state index contributed by atoms with van der Waals surface area (Å²) < 4.78 is 14.5. The van der Waals surface area contributed by atoms with E-state index in [4.69, 9.17) is 38.4 Å². The Bertz CT molecular complexity index is 1610. The molecule has 1 saturated heterocycles. The molecule has 3 aromatic carbocycles. The van der Waals surface area contributed by atoms with Crippen LogP contribution in [0.1, 0.15) is 66.8 Å². The van der Waals surface area contributed by atoms with Gasteiger partial charge in [-0.15, -0.1) is 0 Å². The first-order chi connectivity index (χ1) is 22.3. The minimum atomic E-state index is -0.641. The molecule has 1 aliphatic rings. The number of unbranched alkanes of at least 4 members (excludes halogenated alkanes) is 1. The fraction of sp³-hybridized carbons (Fsp3) is 0.324. The number of benzene rings is 3. The van der Waals surface area contributed by atoms with Crippen molar-refractivity contribution in [1.82, 2.24) is 14.9 Å². The van der Waals surface area contributed by atoms with E-state index in [9.17, 15) is 14.7 Å². The van der Waals surface area contributed by atoms with E-state index in [1.165, 1.54) is 0 Å². The van der Waals surface area contributed by atoms with Gasteiger partial charge in [0.05, 0.1) is 43.1 Å². The highest BCUT2D eigenvalue weighted by Gasteiger charge is 2.33. The summed E-state index contributed by atoms with van der Waals surface area (Å²) in [6.45, 7) is 0.790. The zero-order chi connectivity index (χ0) is 32.5. The highest BCUT2D eigenvalue weighted by Crippen LogP contribution is 2.39. The number of anilines is 2. The van der Waals surface area contributed by atoms with Crippen LogP contribution in [0.4, 0.5) is 11.4 Å². The maximum atomic E-state index is 12.4. The molecule has 242 valence electrons. The molecule has 2 amide bonds. The third-order valence-electron chi connectivity index (χ3n) is 7.78. The number of carbonyl (C=O) groups excluding carboxylic acids is 2. The molecule has 0 saturated carbocycles. The number of nitrogens with zero attached hydrogens (tertiary/aromatic N) is 2. The lowest BCUT2D eigenvalue weighted by atomic mass is 10.00. The number of hydrogen-bond acceptors (Lipinski definition) is 7. The van der Waals surface area contributed by atoms with Gasteiger partial charge in [0.2, 0.25) is 11.8 Å². The molecule has 3 atom stereocenters. The largest absolute Gasteiger partial charge is 0.397 e. The highest BCUT2D eigenvalue weighted by molar-refractivity contribution is 6.40. The Hall–Kier alpha value is -3.93. The van der Waals surface area contributed by atoms with Crippen LogP contribution in [0.25, 0.3) is 0 Å².